The van der Waals surface area contributed by atoms with Gasteiger partial charge >= 0.3 is 5.97 Å². The van der Waals surface area contributed by atoms with Crippen LogP contribution in [-0.2, 0) is 14.0 Å². The third-order valence-electron chi connectivity index (χ3n) is 8.43. The average molecular weight is 617 g/mol. The van der Waals surface area contributed by atoms with Gasteiger partial charge in [-0.3, -0.25) is 10.1 Å². The van der Waals surface area contributed by atoms with Gasteiger partial charge in [0.1, 0.15) is 6.04 Å². The van der Waals surface area contributed by atoms with Gasteiger partial charge < -0.3 is 9.64 Å². The standard InChI is InChI=1S/C31H41IN2O3/c1-6-8-26(22-11-13-23(14-12-22)29(36)37-5)34-28(35)27(24-10-7-9-21(19-24)20-32)33-31(34)17-15-25(16-18-31)30(2,3)4/h7,9-14,19,25-27,33H,6,8,15-18,20H2,1-5H3/t25?,26-,27?,31?/m1/s1. The van der Waals surface area contributed by atoms with E-state index in [2.05, 4.69) is 84.8 Å². The lowest BCUT2D eigenvalue weighted by atomic mass is 9.69. The fourth-order valence-corrected chi connectivity index (χ4v) is 6.78. The highest BCUT2D eigenvalue weighted by atomic mass is 127. The maximum atomic E-state index is 14.4. The minimum atomic E-state index is -0.370. The lowest BCUT2D eigenvalue weighted by Crippen LogP contribution is -2.56. The molecule has 200 valence electrons. The number of halogens is 1. The smallest absolute Gasteiger partial charge is 0.337 e. The molecule has 1 heterocycles. The van der Waals surface area contributed by atoms with E-state index in [1.165, 1.54) is 12.7 Å². The number of carbonyl (C=O) groups is 2. The Labute approximate surface area is 235 Å². The third kappa shape index (κ3) is 5.75. The van der Waals surface area contributed by atoms with Gasteiger partial charge in [-0.1, -0.05) is 93.1 Å². The molecule has 1 aliphatic carbocycles. The molecule has 0 radical (unpaired) electrons. The molecule has 2 aromatic carbocycles. The number of nitrogens with one attached hydrogen (secondary N) is 1. The van der Waals surface area contributed by atoms with E-state index in [0.717, 1.165) is 54.1 Å². The molecule has 2 atom stereocenters. The minimum Gasteiger partial charge on any atom is -0.465 e. The van der Waals surface area contributed by atoms with Crippen molar-refractivity contribution in [2.75, 3.05) is 7.11 Å². The first kappa shape index (κ1) is 28.1. The number of benzene rings is 2. The van der Waals surface area contributed by atoms with Crippen molar-refractivity contribution in [2.45, 2.75) is 88.4 Å². The zero-order chi connectivity index (χ0) is 26.8. The molecule has 1 unspecified atom stereocenters. The van der Waals surface area contributed by atoms with Gasteiger partial charge in [-0.2, -0.15) is 0 Å². The second kappa shape index (κ2) is 11.4. The number of esters is 1. The van der Waals surface area contributed by atoms with E-state index in [4.69, 9.17) is 4.74 Å². The van der Waals surface area contributed by atoms with Gasteiger partial charge in [0.2, 0.25) is 5.91 Å². The summed E-state index contributed by atoms with van der Waals surface area (Å²) in [7, 11) is 1.40. The Morgan fingerprint density at radius 2 is 1.84 bits per heavy atom. The molecule has 1 spiro atoms. The van der Waals surface area contributed by atoms with Crippen LogP contribution in [-0.4, -0.2) is 29.5 Å². The topological polar surface area (TPSA) is 58.6 Å². The number of rotatable bonds is 7. The Kier molecular flexibility index (Phi) is 8.68. The van der Waals surface area contributed by atoms with Gasteiger partial charge in [0.15, 0.2) is 0 Å². The first-order chi connectivity index (χ1) is 17.6. The molecule has 0 aromatic heterocycles. The molecule has 37 heavy (non-hydrogen) atoms. The Hall–Kier alpha value is -1.93. The summed E-state index contributed by atoms with van der Waals surface area (Å²) in [4.78, 5) is 28.6. The van der Waals surface area contributed by atoms with Gasteiger partial charge in [-0.15, -0.1) is 0 Å². The third-order valence-corrected chi connectivity index (χ3v) is 9.31. The van der Waals surface area contributed by atoms with E-state index in [9.17, 15) is 9.59 Å². The van der Waals surface area contributed by atoms with Crippen molar-refractivity contribution in [3.8, 4) is 0 Å². The van der Waals surface area contributed by atoms with E-state index in [-0.39, 0.29) is 35.0 Å². The zero-order valence-electron chi connectivity index (χ0n) is 22.9. The molecule has 0 bridgehead atoms. The number of amides is 1. The lowest BCUT2D eigenvalue weighted by Gasteiger charge is -2.49. The highest BCUT2D eigenvalue weighted by Gasteiger charge is 2.55. The van der Waals surface area contributed by atoms with Crippen molar-refractivity contribution in [1.82, 2.24) is 10.2 Å². The first-order valence-electron chi connectivity index (χ1n) is 13.6. The lowest BCUT2D eigenvalue weighted by molar-refractivity contribution is -0.137. The van der Waals surface area contributed by atoms with Crippen LogP contribution in [0.3, 0.4) is 0 Å². The minimum absolute atomic E-state index is 0.0550. The van der Waals surface area contributed by atoms with Gasteiger partial charge in [-0.25, -0.2) is 4.79 Å². The number of ether oxygens (including phenoxy) is 1. The average Bonchev–Trinajstić information content (AvgIpc) is 3.17. The monoisotopic (exact) mass is 616 g/mol. The van der Waals surface area contributed by atoms with Crippen LogP contribution in [0.2, 0.25) is 0 Å². The summed E-state index contributed by atoms with van der Waals surface area (Å²) in [5.74, 6) is 0.460. The van der Waals surface area contributed by atoms with Gasteiger partial charge in [0.05, 0.1) is 24.4 Å². The Bertz CT molecular complexity index is 1100. The van der Waals surface area contributed by atoms with Crippen LogP contribution in [0, 0.1) is 11.3 Å². The molecule has 1 aliphatic heterocycles. The number of alkyl halides is 1. The van der Waals surface area contributed by atoms with Gasteiger partial charge in [-0.05, 0) is 72.3 Å². The number of hydrogen-bond acceptors (Lipinski definition) is 4. The summed E-state index contributed by atoms with van der Waals surface area (Å²) < 4.78 is 5.81. The second-order valence-electron chi connectivity index (χ2n) is 11.8. The Morgan fingerprint density at radius 3 is 2.41 bits per heavy atom. The molecule has 1 N–H and O–H groups in total. The highest BCUT2D eigenvalue weighted by molar-refractivity contribution is 14.1. The van der Waals surface area contributed by atoms with Crippen LogP contribution in [0.15, 0.2) is 48.5 Å². The predicted molar refractivity (Wildman–Crippen MR) is 156 cm³/mol. The summed E-state index contributed by atoms with van der Waals surface area (Å²) in [6, 6.07) is 15.7. The van der Waals surface area contributed by atoms with Crippen LogP contribution in [0.4, 0.5) is 0 Å². The van der Waals surface area contributed by atoms with Crippen LogP contribution in [0.1, 0.15) is 105 Å². The van der Waals surface area contributed by atoms with Crippen molar-refractivity contribution in [1.29, 1.82) is 0 Å². The molecule has 1 saturated heterocycles. The summed E-state index contributed by atoms with van der Waals surface area (Å²) in [5.41, 5.74) is 3.78. The molecule has 2 aromatic rings. The van der Waals surface area contributed by atoms with E-state index in [0.29, 0.717) is 11.5 Å². The maximum absolute atomic E-state index is 14.4. The molecule has 1 saturated carbocycles. The Morgan fingerprint density at radius 1 is 1.16 bits per heavy atom. The summed E-state index contributed by atoms with van der Waals surface area (Å²) in [6.07, 6.45) is 5.92. The SMILES string of the molecule is CCC[C@H](c1ccc(C(=O)OC)cc1)N1C(=O)C(c2cccc(CI)c2)NC12CCC(C(C)(C)C)CC2. The summed E-state index contributed by atoms with van der Waals surface area (Å²) in [5, 5.41) is 3.89. The molecular weight excluding hydrogens is 575 g/mol. The highest BCUT2D eigenvalue weighted by Crippen LogP contribution is 2.50. The maximum Gasteiger partial charge on any atom is 0.337 e. The van der Waals surface area contributed by atoms with Gasteiger partial charge in [0, 0.05) is 4.43 Å². The first-order valence-corrected chi connectivity index (χ1v) is 15.1. The second-order valence-corrected chi connectivity index (χ2v) is 12.5. The quantitative estimate of drug-likeness (QED) is 0.201. The van der Waals surface area contributed by atoms with Crippen LogP contribution < -0.4 is 5.32 Å². The van der Waals surface area contributed by atoms with Crippen LogP contribution in [0.25, 0.3) is 0 Å². The molecule has 1 amide bonds. The predicted octanol–water partition coefficient (Wildman–Crippen LogP) is 7.36. The summed E-state index contributed by atoms with van der Waals surface area (Å²) in [6.45, 7) is 9.18. The molecule has 5 nitrogen and oxygen atoms in total. The fourth-order valence-electron chi connectivity index (χ4n) is 6.31. The normalized spacial score (nSPS) is 24.9. The van der Waals surface area contributed by atoms with E-state index in [1.807, 2.05) is 24.3 Å². The van der Waals surface area contributed by atoms with E-state index in [1.54, 1.807) is 0 Å². The fraction of sp³-hybridized carbons (Fsp3) is 0.548. The number of nitrogens with zero attached hydrogens (tertiary/aromatic N) is 1. The molecule has 6 heteroatoms. The van der Waals surface area contributed by atoms with Crippen LogP contribution >= 0.6 is 22.6 Å². The summed E-state index contributed by atoms with van der Waals surface area (Å²) >= 11 is 2.38. The molecular formula is C31H41IN2O3. The van der Waals surface area contributed by atoms with Crippen molar-refractivity contribution in [3.05, 3.63) is 70.8 Å². The van der Waals surface area contributed by atoms with Crippen LogP contribution in [0.5, 0.6) is 0 Å². The van der Waals surface area contributed by atoms with Gasteiger partial charge in [0.25, 0.3) is 0 Å². The van der Waals surface area contributed by atoms with E-state index >= 15 is 0 Å². The largest absolute Gasteiger partial charge is 0.465 e. The Balaban J connectivity index is 1.74. The number of methoxy groups -OCH3 is 1. The van der Waals surface area contributed by atoms with Crippen molar-refractivity contribution < 1.29 is 14.3 Å². The van der Waals surface area contributed by atoms with Crippen molar-refractivity contribution in [2.24, 2.45) is 11.3 Å². The number of carbonyl (C=O) groups excluding carboxylic acids is 2. The number of hydrogen-bond donors (Lipinski definition) is 1. The van der Waals surface area contributed by atoms with Crippen molar-refractivity contribution in [3.63, 3.8) is 0 Å². The molecule has 4 rings (SSSR count). The van der Waals surface area contributed by atoms with Crippen molar-refractivity contribution >= 4 is 34.5 Å². The van der Waals surface area contributed by atoms with E-state index < -0.39 is 0 Å². The zero-order valence-corrected chi connectivity index (χ0v) is 25.0. The molecule has 2 aliphatic rings. The molecule has 2 fully saturated rings.